The molecule has 2 unspecified atom stereocenters. The van der Waals surface area contributed by atoms with Crippen LogP contribution in [0.5, 0.6) is 0 Å². The van der Waals surface area contributed by atoms with Crippen LogP contribution in [0.15, 0.2) is 42.5 Å². The molecule has 2 aromatic carbocycles. The van der Waals surface area contributed by atoms with E-state index in [-0.39, 0.29) is 24.4 Å². The molecule has 2 aromatic rings. The highest BCUT2D eigenvalue weighted by Crippen LogP contribution is 2.25. The third kappa shape index (κ3) is 5.01. The van der Waals surface area contributed by atoms with E-state index in [2.05, 4.69) is 0 Å². The molecule has 8 heteroatoms. The third-order valence-corrected chi connectivity index (χ3v) is 4.88. The van der Waals surface area contributed by atoms with E-state index in [1.807, 2.05) is 13.8 Å². The van der Waals surface area contributed by atoms with Gasteiger partial charge in [-0.3, -0.25) is 9.69 Å². The van der Waals surface area contributed by atoms with E-state index < -0.39 is 30.1 Å². The third-order valence-electron chi connectivity index (χ3n) is 4.88. The van der Waals surface area contributed by atoms with Crippen LogP contribution < -0.4 is 4.90 Å². The smallest absolute Gasteiger partial charge is 0.325 e. The van der Waals surface area contributed by atoms with Crippen LogP contribution in [0.2, 0.25) is 0 Å². The Morgan fingerprint density at radius 3 is 2.30 bits per heavy atom. The fraction of sp³-hybridized carbons (Fsp3) is 0.364. The number of rotatable bonds is 5. The molecule has 30 heavy (non-hydrogen) atoms. The highest BCUT2D eigenvalue weighted by molar-refractivity contribution is 5.97. The number of morpholine rings is 1. The maximum atomic E-state index is 14.6. The van der Waals surface area contributed by atoms with Gasteiger partial charge in [-0.2, -0.15) is 0 Å². The summed E-state index contributed by atoms with van der Waals surface area (Å²) in [6, 6.07) is 9.00. The summed E-state index contributed by atoms with van der Waals surface area (Å²) in [5, 5.41) is 8.97. The Bertz CT molecular complexity index is 910. The monoisotopic (exact) mass is 418 g/mol. The van der Waals surface area contributed by atoms with Crippen molar-refractivity contribution in [3.8, 4) is 0 Å². The highest BCUT2D eigenvalue weighted by Gasteiger charge is 2.31. The summed E-state index contributed by atoms with van der Waals surface area (Å²) in [5.41, 5.74) is 0.947. The first-order valence-corrected chi connectivity index (χ1v) is 9.68. The van der Waals surface area contributed by atoms with Crippen LogP contribution >= 0.6 is 0 Å². The predicted molar refractivity (Wildman–Crippen MR) is 107 cm³/mol. The number of anilines is 1. The number of Topliss-reactive ketones (excluding diaryl/α,β-unsaturated/α-hetero) is 1. The van der Waals surface area contributed by atoms with Crippen LogP contribution in [0.25, 0.3) is 0 Å². The van der Waals surface area contributed by atoms with Gasteiger partial charge in [0.15, 0.2) is 5.78 Å². The second kappa shape index (κ2) is 9.32. The highest BCUT2D eigenvalue weighted by atomic mass is 19.1. The summed E-state index contributed by atoms with van der Waals surface area (Å²) >= 11 is 0. The molecule has 0 aromatic heterocycles. The van der Waals surface area contributed by atoms with E-state index in [1.165, 1.54) is 23.1 Å². The molecule has 1 heterocycles. The lowest BCUT2D eigenvalue weighted by Gasteiger charge is -2.38. The average Bonchev–Trinajstić information content (AvgIpc) is 2.71. The van der Waals surface area contributed by atoms with E-state index >= 15 is 0 Å². The predicted octanol–water partition coefficient (Wildman–Crippen LogP) is 3.38. The number of ether oxygens (including phenoxy) is 1. The van der Waals surface area contributed by atoms with Gasteiger partial charge in [-0.15, -0.1) is 0 Å². The van der Waals surface area contributed by atoms with E-state index in [0.29, 0.717) is 24.2 Å². The van der Waals surface area contributed by atoms with E-state index in [9.17, 15) is 18.4 Å². The number of urea groups is 1. The zero-order valence-electron chi connectivity index (χ0n) is 16.8. The van der Waals surface area contributed by atoms with Gasteiger partial charge >= 0.3 is 6.03 Å². The van der Waals surface area contributed by atoms with Crippen molar-refractivity contribution >= 4 is 17.5 Å². The maximum Gasteiger partial charge on any atom is 0.325 e. The fourth-order valence-corrected chi connectivity index (χ4v) is 3.53. The molecule has 0 bridgehead atoms. The molecule has 1 N–H and O–H groups in total. The van der Waals surface area contributed by atoms with Gasteiger partial charge in [0, 0.05) is 24.7 Å². The first-order chi connectivity index (χ1) is 14.3. The Morgan fingerprint density at radius 2 is 1.73 bits per heavy atom. The van der Waals surface area contributed by atoms with Crippen LogP contribution in [-0.4, -0.2) is 53.7 Å². The van der Waals surface area contributed by atoms with E-state index in [4.69, 9.17) is 9.84 Å². The Kier molecular flexibility index (Phi) is 6.79. The second-order valence-corrected chi connectivity index (χ2v) is 7.40. The van der Waals surface area contributed by atoms with Gasteiger partial charge in [0.05, 0.1) is 24.4 Å². The SMILES string of the molecule is CC1CN(C(=O)N(Cc2ccc(C(=O)CO)cc2)c2ccc(F)cc2F)CC(C)O1. The number of halogens is 2. The number of aliphatic hydroxyl groups excluding tert-OH is 1. The summed E-state index contributed by atoms with van der Waals surface area (Å²) in [4.78, 5) is 27.7. The lowest BCUT2D eigenvalue weighted by molar-refractivity contribution is -0.0537. The Labute approximate surface area is 173 Å². The maximum absolute atomic E-state index is 14.6. The molecule has 1 aliphatic heterocycles. The summed E-state index contributed by atoms with van der Waals surface area (Å²) in [7, 11) is 0. The molecule has 0 radical (unpaired) electrons. The topological polar surface area (TPSA) is 70.1 Å². The van der Waals surface area contributed by atoms with E-state index in [1.54, 1.807) is 17.0 Å². The molecule has 3 rings (SSSR count). The van der Waals surface area contributed by atoms with Crippen LogP contribution in [-0.2, 0) is 11.3 Å². The number of aliphatic hydroxyl groups is 1. The van der Waals surface area contributed by atoms with Gasteiger partial charge in [-0.25, -0.2) is 13.6 Å². The van der Waals surface area contributed by atoms with Crippen molar-refractivity contribution in [3.05, 3.63) is 65.2 Å². The Balaban J connectivity index is 1.91. The minimum Gasteiger partial charge on any atom is -0.388 e. The molecular formula is C22H24F2N2O4. The quantitative estimate of drug-likeness (QED) is 0.756. The standard InChI is InChI=1S/C22H24F2N2O4/c1-14-10-25(11-15(2)30-14)22(29)26(20-8-7-18(23)9-19(20)24)12-16-3-5-17(6-4-16)21(28)13-27/h3-9,14-15,27H,10-13H2,1-2H3. The molecule has 2 atom stereocenters. The van der Waals surface area contributed by atoms with Crippen molar-refractivity contribution in [2.75, 3.05) is 24.6 Å². The first kappa shape index (κ1) is 21.9. The van der Waals surface area contributed by atoms with Gasteiger partial charge in [0.25, 0.3) is 0 Å². The van der Waals surface area contributed by atoms with Crippen molar-refractivity contribution in [2.24, 2.45) is 0 Å². The number of hydrogen-bond donors (Lipinski definition) is 1. The molecule has 6 nitrogen and oxygen atoms in total. The summed E-state index contributed by atoms with van der Waals surface area (Å²) in [6.07, 6.45) is -0.331. The number of carbonyl (C=O) groups is 2. The molecular weight excluding hydrogens is 394 g/mol. The number of benzene rings is 2. The molecule has 1 fully saturated rings. The van der Waals surface area contributed by atoms with E-state index in [0.717, 1.165) is 12.1 Å². The van der Waals surface area contributed by atoms with Gasteiger partial charge in [0.2, 0.25) is 0 Å². The number of amides is 2. The molecule has 0 spiro atoms. The second-order valence-electron chi connectivity index (χ2n) is 7.40. The molecule has 0 aliphatic carbocycles. The summed E-state index contributed by atoms with van der Waals surface area (Å²) in [6.45, 7) is 3.84. The van der Waals surface area contributed by atoms with Crippen molar-refractivity contribution in [1.82, 2.24) is 4.90 Å². The number of carbonyl (C=O) groups excluding carboxylic acids is 2. The minimum absolute atomic E-state index is 0.0229. The molecule has 1 aliphatic rings. The van der Waals surface area contributed by atoms with Crippen LogP contribution in [0.3, 0.4) is 0 Å². The minimum atomic E-state index is -0.843. The number of nitrogens with zero attached hydrogens (tertiary/aromatic N) is 2. The van der Waals surface area contributed by atoms with Gasteiger partial charge in [-0.05, 0) is 31.5 Å². The van der Waals surface area contributed by atoms with Crippen molar-refractivity contribution in [2.45, 2.75) is 32.6 Å². The van der Waals surface area contributed by atoms with Crippen LogP contribution in [0.1, 0.15) is 29.8 Å². The van der Waals surface area contributed by atoms with Crippen LogP contribution in [0.4, 0.5) is 19.3 Å². The fourth-order valence-electron chi connectivity index (χ4n) is 3.53. The largest absolute Gasteiger partial charge is 0.388 e. The van der Waals surface area contributed by atoms with Gasteiger partial charge in [0.1, 0.15) is 18.2 Å². The molecule has 0 saturated carbocycles. The number of ketones is 1. The zero-order valence-corrected chi connectivity index (χ0v) is 16.8. The molecule has 1 saturated heterocycles. The summed E-state index contributed by atoms with van der Waals surface area (Å²) < 4.78 is 33.6. The van der Waals surface area contributed by atoms with Crippen molar-refractivity contribution in [3.63, 3.8) is 0 Å². The van der Waals surface area contributed by atoms with Gasteiger partial charge < -0.3 is 14.7 Å². The molecule has 160 valence electrons. The Hall–Kier alpha value is -2.84. The summed E-state index contributed by atoms with van der Waals surface area (Å²) in [5.74, 6) is -2.00. The van der Waals surface area contributed by atoms with Gasteiger partial charge in [-0.1, -0.05) is 24.3 Å². The van der Waals surface area contributed by atoms with Crippen molar-refractivity contribution in [1.29, 1.82) is 0 Å². The van der Waals surface area contributed by atoms with Crippen molar-refractivity contribution < 1.29 is 28.2 Å². The number of hydrogen-bond acceptors (Lipinski definition) is 4. The lowest BCUT2D eigenvalue weighted by Crippen LogP contribution is -2.53. The normalized spacial score (nSPS) is 18.9. The lowest BCUT2D eigenvalue weighted by atomic mass is 10.1. The average molecular weight is 418 g/mol. The molecule has 2 amide bonds. The zero-order chi connectivity index (χ0) is 21.8. The Morgan fingerprint density at radius 1 is 1.10 bits per heavy atom. The van der Waals surface area contributed by atoms with Crippen LogP contribution in [0, 0.1) is 11.6 Å². The first-order valence-electron chi connectivity index (χ1n) is 9.68.